The average Bonchev–Trinajstić information content (AvgIpc) is 2.27. The van der Waals surface area contributed by atoms with Gasteiger partial charge in [-0.2, -0.15) is 4.79 Å². The Labute approximate surface area is 85.3 Å². The van der Waals surface area contributed by atoms with E-state index in [1.54, 1.807) is 0 Å². The minimum Gasteiger partial charge on any atom is -0.375 e. The van der Waals surface area contributed by atoms with E-state index in [0.29, 0.717) is 0 Å². The summed E-state index contributed by atoms with van der Waals surface area (Å²) >= 11 is 0. The molecule has 0 atom stereocenters. The molecule has 0 aliphatic heterocycles. The minimum atomic E-state index is 0.745. The van der Waals surface area contributed by atoms with Crippen molar-refractivity contribution in [3.63, 3.8) is 0 Å². The zero-order valence-electron chi connectivity index (χ0n) is 9.12. The molecule has 0 bridgehead atoms. The van der Waals surface area contributed by atoms with E-state index in [9.17, 15) is 0 Å². The van der Waals surface area contributed by atoms with E-state index in [-0.39, 0.29) is 0 Å². The lowest BCUT2D eigenvalue weighted by Gasteiger charge is -2.23. The van der Waals surface area contributed by atoms with Crippen LogP contribution in [0.1, 0.15) is 26.7 Å². The molecule has 0 saturated carbocycles. The van der Waals surface area contributed by atoms with Gasteiger partial charge in [0.05, 0.1) is 6.42 Å². The number of likely N-dealkylation sites (N-methyl/N-ethyl adjacent to an activating group) is 1. The molecule has 0 heterocycles. The summed E-state index contributed by atoms with van der Waals surface area (Å²) in [5.74, 6) is 0. The van der Waals surface area contributed by atoms with E-state index in [0.717, 1.165) is 25.1 Å². The normalized spacial score (nSPS) is 15.8. The summed E-state index contributed by atoms with van der Waals surface area (Å²) in [4.78, 5) is 5.45. The van der Waals surface area contributed by atoms with Crippen LogP contribution in [0.2, 0.25) is 0 Å². The highest BCUT2D eigenvalue weighted by molar-refractivity contribution is 5.93. The van der Waals surface area contributed by atoms with Crippen molar-refractivity contribution >= 4 is 5.71 Å². The highest BCUT2D eigenvalue weighted by Crippen LogP contribution is 2.21. The van der Waals surface area contributed by atoms with Crippen LogP contribution in [-0.4, -0.2) is 29.0 Å². The van der Waals surface area contributed by atoms with Crippen LogP contribution in [0.4, 0.5) is 0 Å². The smallest absolute Gasteiger partial charge is 0.296 e. The lowest BCUT2D eigenvalue weighted by atomic mass is 9.98. The van der Waals surface area contributed by atoms with Crippen molar-refractivity contribution < 1.29 is 4.79 Å². The Bertz CT molecular complexity index is 319. The van der Waals surface area contributed by atoms with Crippen molar-refractivity contribution in [3.8, 4) is 0 Å². The molecule has 0 amide bonds. The van der Waals surface area contributed by atoms with E-state index in [4.69, 9.17) is 5.53 Å². The molecule has 1 aliphatic rings. The Hall–Kier alpha value is -1.34. The molecule has 0 radical (unpaired) electrons. The second-order valence-corrected chi connectivity index (χ2v) is 3.46. The fraction of sp³-hybridized carbons (Fsp3) is 0.545. The summed E-state index contributed by atoms with van der Waals surface area (Å²) in [5, 5.41) is 0. The number of rotatable bonds is 3. The first-order chi connectivity index (χ1) is 6.72. The zero-order valence-corrected chi connectivity index (χ0v) is 9.12. The molecular weight excluding hydrogens is 174 g/mol. The van der Waals surface area contributed by atoms with Crippen LogP contribution in [0, 0.1) is 0 Å². The van der Waals surface area contributed by atoms with Gasteiger partial charge in [-0.05, 0) is 25.0 Å². The summed E-state index contributed by atoms with van der Waals surface area (Å²) in [6, 6.07) is 0. The van der Waals surface area contributed by atoms with Crippen LogP contribution in [0.15, 0.2) is 23.4 Å². The maximum atomic E-state index is 8.69. The van der Waals surface area contributed by atoms with Gasteiger partial charge in [0.15, 0.2) is 0 Å². The van der Waals surface area contributed by atoms with Crippen molar-refractivity contribution in [3.05, 3.63) is 29.0 Å². The Morgan fingerprint density at radius 2 is 2.14 bits per heavy atom. The molecule has 0 spiro atoms. The highest BCUT2D eigenvalue weighted by Gasteiger charge is 2.17. The topological polar surface area (TPSA) is 39.6 Å². The summed E-state index contributed by atoms with van der Waals surface area (Å²) < 4.78 is 0. The van der Waals surface area contributed by atoms with Crippen LogP contribution in [-0.2, 0) is 0 Å². The molecule has 3 nitrogen and oxygen atoms in total. The predicted molar refractivity (Wildman–Crippen MR) is 58.0 cm³/mol. The van der Waals surface area contributed by atoms with E-state index >= 15 is 0 Å². The molecule has 0 aromatic rings. The van der Waals surface area contributed by atoms with Gasteiger partial charge in [-0.1, -0.05) is 6.92 Å². The summed E-state index contributed by atoms with van der Waals surface area (Å²) in [6.07, 6.45) is 5.67. The quantitative estimate of drug-likeness (QED) is 0.498. The Balaban J connectivity index is 2.97. The maximum Gasteiger partial charge on any atom is 0.296 e. The van der Waals surface area contributed by atoms with Crippen LogP contribution >= 0.6 is 0 Å². The molecule has 0 aromatic heterocycles. The van der Waals surface area contributed by atoms with Crippen LogP contribution < -0.4 is 0 Å². The Kier molecular flexibility index (Phi) is 3.66. The first-order valence-electron chi connectivity index (χ1n) is 5.05. The molecular formula is C11H17N3. The van der Waals surface area contributed by atoms with Gasteiger partial charge in [0.1, 0.15) is 0 Å². The van der Waals surface area contributed by atoms with Crippen LogP contribution in [0.5, 0.6) is 0 Å². The van der Waals surface area contributed by atoms with Crippen molar-refractivity contribution in [2.75, 3.05) is 13.6 Å². The summed E-state index contributed by atoms with van der Waals surface area (Å²) in [6.45, 7) is 5.26. The Morgan fingerprint density at radius 1 is 1.43 bits per heavy atom. The number of hydrogen-bond acceptors (Lipinski definition) is 1. The summed E-state index contributed by atoms with van der Waals surface area (Å²) in [7, 11) is 2.08. The van der Waals surface area contributed by atoms with Crippen molar-refractivity contribution in [2.45, 2.75) is 26.7 Å². The fourth-order valence-corrected chi connectivity index (χ4v) is 1.60. The van der Waals surface area contributed by atoms with Crippen LogP contribution in [0.3, 0.4) is 0 Å². The molecule has 1 aliphatic carbocycles. The zero-order chi connectivity index (χ0) is 10.6. The molecule has 0 unspecified atom stereocenters. The third-order valence-corrected chi connectivity index (χ3v) is 2.63. The number of nitrogens with zero attached hydrogens (tertiary/aromatic N) is 3. The number of allylic oxidation sites excluding steroid dienone is 3. The molecule has 14 heavy (non-hydrogen) atoms. The molecule has 3 heteroatoms. The first kappa shape index (κ1) is 10.7. The summed E-state index contributed by atoms with van der Waals surface area (Å²) in [5.41, 5.74) is 12.0. The maximum absolute atomic E-state index is 8.69. The second kappa shape index (κ2) is 4.77. The van der Waals surface area contributed by atoms with E-state index in [2.05, 4.69) is 30.6 Å². The molecule has 0 N–H and O–H groups in total. The first-order valence-corrected chi connectivity index (χ1v) is 5.05. The molecule has 76 valence electrons. The van der Waals surface area contributed by atoms with Gasteiger partial charge >= 0.3 is 0 Å². The molecule has 0 aromatic carbocycles. The average molecular weight is 191 g/mol. The van der Waals surface area contributed by atoms with Crippen molar-refractivity contribution in [1.29, 1.82) is 0 Å². The van der Waals surface area contributed by atoms with Gasteiger partial charge in [0.25, 0.3) is 5.71 Å². The predicted octanol–water partition coefficient (Wildman–Crippen LogP) is 2.23. The third-order valence-electron chi connectivity index (χ3n) is 2.63. The van der Waals surface area contributed by atoms with Gasteiger partial charge in [0.2, 0.25) is 0 Å². The minimum absolute atomic E-state index is 0.745. The van der Waals surface area contributed by atoms with Gasteiger partial charge in [-0.3, -0.25) is 0 Å². The number of hydrogen-bond donors (Lipinski definition) is 0. The van der Waals surface area contributed by atoms with E-state index < -0.39 is 0 Å². The third kappa shape index (κ3) is 2.12. The van der Waals surface area contributed by atoms with Crippen molar-refractivity contribution in [2.24, 2.45) is 0 Å². The Morgan fingerprint density at radius 3 is 2.64 bits per heavy atom. The van der Waals surface area contributed by atoms with E-state index in [1.165, 1.54) is 11.3 Å². The molecule has 1 rings (SSSR count). The largest absolute Gasteiger partial charge is 0.375 e. The lowest BCUT2D eigenvalue weighted by molar-refractivity contribution is -0.00575. The molecule has 0 saturated heterocycles. The highest BCUT2D eigenvalue weighted by atomic mass is 15.1. The standard InChI is InChI=1S/C11H17N3/c1-4-9-8-10(13-12)6-7-11(9)14(3)5-2/h6-7H,4-5,8H2,1-3H3. The SMILES string of the molecule is CCC1=C(N(C)CC)C=CC(=[N+]=[N-])C1. The second-order valence-electron chi connectivity index (χ2n) is 3.46. The van der Waals surface area contributed by atoms with Crippen LogP contribution in [0.25, 0.3) is 5.53 Å². The monoisotopic (exact) mass is 191 g/mol. The van der Waals surface area contributed by atoms with Crippen molar-refractivity contribution in [1.82, 2.24) is 4.90 Å². The van der Waals surface area contributed by atoms with E-state index in [1.807, 2.05) is 12.2 Å². The van der Waals surface area contributed by atoms with Gasteiger partial charge in [-0.15, -0.1) is 0 Å². The molecule has 0 fully saturated rings. The van der Waals surface area contributed by atoms with Gasteiger partial charge in [0, 0.05) is 25.4 Å². The lowest BCUT2D eigenvalue weighted by Crippen LogP contribution is -2.20. The van der Waals surface area contributed by atoms with Gasteiger partial charge < -0.3 is 10.4 Å². The fourth-order valence-electron chi connectivity index (χ4n) is 1.60. The van der Waals surface area contributed by atoms with Gasteiger partial charge in [-0.25, -0.2) is 0 Å².